The van der Waals surface area contributed by atoms with Crippen LogP contribution in [0.3, 0.4) is 0 Å². The molecule has 16 heavy (non-hydrogen) atoms. The molecule has 6 nitrogen and oxygen atoms in total. The molecule has 1 rings (SSSR count). The van der Waals surface area contributed by atoms with Gasteiger partial charge in [0.05, 0.1) is 17.5 Å². The van der Waals surface area contributed by atoms with Crippen LogP contribution in [0.2, 0.25) is 0 Å². The van der Waals surface area contributed by atoms with Crippen LogP contribution in [0.1, 0.15) is 36.5 Å². The number of carbonyl (C=O) groups is 1. The summed E-state index contributed by atoms with van der Waals surface area (Å²) in [5.74, 6) is -0.364. The van der Waals surface area contributed by atoms with E-state index in [2.05, 4.69) is 15.5 Å². The van der Waals surface area contributed by atoms with Crippen molar-refractivity contribution in [3.05, 3.63) is 11.4 Å². The molecule has 5 N–H and O–H groups in total. The number of aromatic nitrogens is 2. The van der Waals surface area contributed by atoms with Crippen LogP contribution in [0.25, 0.3) is 0 Å². The maximum absolute atomic E-state index is 11.6. The number of amides is 1. The highest BCUT2D eigenvalue weighted by Crippen LogP contribution is 2.15. The van der Waals surface area contributed by atoms with E-state index < -0.39 is 6.10 Å². The zero-order valence-electron chi connectivity index (χ0n) is 9.58. The first kappa shape index (κ1) is 12.5. The number of aliphatic hydroxyl groups excluding tert-OH is 1. The zero-order valence-corrected chi connectivity index (χ0v) is 9.58. The lowest BCUT2D eigenvalue weighted by atomic mass is 10.2. The van der Waals surface area contributed by atoms with E-state index in [0.717, 1.165) is 18.5 Å². The second-order valence-corrected chi connectivity index (χ2v) is 3.77. The topological polar surface area (TPSA) is 104 Å². The molecule has 0 aliphatic carbocycles. The molecule has 90 valence electrons. The third-order valence-electron chi connectivity index (χ3n) is 2.16. The summed E-state index contributed by atoms with van der Waals surface area (Å²) in [5, 5.41) is 18.2. The van der Waals surface area contributed by atoms with Crippen LogP contribution >= 0.6 is 0 Å². The molecule has 1 amide bonds. The van der Waals surface area contributed by atoms with E-state index in [4.69, 9.17) is 10.8 Å². The van der Waals surface area contributed by atoms with Gasteiger partial charge in [0.2, 0.25) is 0 Å². The number of carbonyl (C=O) groups excluding carboxylic acids is 1. The Morgan fingerprint density at radius 1 is 1.69 bits per heavy atom. The zero-order chi connectivity index (χ0) is 12.1. The highest BCUT2D eigenvalue weighted by atomic mass is 16.3. The Morgan fingerprint density at radius 2 is 2.38 bits per heavy atom. The lowest BCUT2D eigenvalue weighted by Crippen LogP contribution is -2.31. The number of nitrogens with one attached hydrogen (secondary N) is 2. The lowest BCUT2D eigenvalue weighted by Gasteiger charge is -2.05. The van der Waals surface area contributed by atoms with Gasteiger partial charge in [0.1, 0.15) is 0 Å². The Labute approximate surface area is 94.2 Å². The highest BCUT2D eigenvalue weighted by Gasteiger charge is 2.16. The first-order valence-corrected chi connectivity index (χ1v) is 5.35. The van der Waals surface area contributed by atoms with Crippen molar-refractivity contribution in [3.63, 3.8) is 0 Å². The molecule has 0 spiro atoms. The van der Waals surface area contributed by atoms with Gasteiger partial charge in [-0.15, -0.1) is 0 Å². The number of anilines is 1. The van der Waals surface area contributed by atoms with Gasteiger partial charge in [-0.1, -0.05) is 13.3 Å². The van der Waals surface area contributed by atoms with E-state index in [-0.39, 0.29) is 18.1 Å². The van der Waals surface area contributed by atoms with Crippen molar-refractivity contribution in [2.45, 2.75) is 32.8 Å². The third-order valence-corrected chi connectivity index (χ3v) is 2.16. The van der Waals surface area contributed by atoms with Crippen LogP contribution < -0.4 is 11.1 Å². The quantitative estimate of drug-likeness (QED) is 0.569. The van der Waals surface area contributed by atoms with Gasteiger partial charge in [0.25, 0.3) is 5.91 Å². The van der Waals surface area contributed by atoms with Gasteiger partial charge in [-0.3, -0.25) is 9.89 Å². The van der Waals surface area contributed by atoms with Crippen molar-refractivity contribution in [1.29, 1.82) is 0 Å². The average molecular weight is 226 g/mol. The van der Waals surface area contributed by atoms with E-state index in [1.165, 1.54) is 0 Å². The molecule has 6 heteroatoms. The Morgan fingerprint density at radius 3 is 2.94 bits per heavy atom. The summed E-state index contributed by atoms with van der Waals surface area (Å²) in [6.07, 6.45) is 1.11. The third kappa shape index (κ3) is 2.96. The molecule has 1 unspecified atom stereocenters. The smallest absolute Gasteiger partial charge is 0.274 e. The van der Waals surface area contributed by atoms with Crippen molar-refractivity contribution in [2.75, 3.05) is 12.3 Å². The minimum Gasteiger partial charge on any atom is -0.395 e. The van der Waals surface area contributed by atoms with Gasteiger partial charge in [-0.25, -0.2) is 0 Å². The van der Waals surface area contributed by atoms with Crippen LogP contribution in [-0.2, 0) is 6.42 Å². The summed E-state index contributed by atoms with van der Waals surface area (Å²) >= 11 is 0. The summed E-state index contributed by atoms with van der Waals surface area (Å²) in [6, 6.07) is 0. The van der Waals surface area contributed by atoms with Gasteiger partial charge in [0.15, 0.2) is 5.69 Å². The van der Waals surface area contributed by atoms with Crippen molar-refractivity contribution in [2.24, 2.45) is 0 Å². The summed E-state index contributed by atoms with van der Waals surface area (Å²) < 4.78 is 0. The van der Waals surface area contributed by atoms with Crippen molar-refractivity contribution in [1.82, 2.24) is 15.5 Å². The highest BCUT2D eigenvalue weighted by molar-refractivity contribution is 5.97. The molecule has 0 fully saturated rings. The molecule has 0 aliphatic rings. The Bertz CT molecular complexity index is 360. The fourth-order valence-corrected chi connectivity index (χ4v) is 1.32. The SMILES string of the molecule is CCCc1[nH]nc(C(=O)NCC(C)O)c1N. The lowest BCUT2D eigenvalue weighted by molar-refractivity contribution is 0.0920. The van der Waals surface area contributed by atoms with Crippen LogP contribution in [0.5, 0.6) is 0 Å². The number of aromatic amines is 1. The second-order valence-electron chi connectivity index (χ2n) is 3.77. The number of H-pyrrole nitrogens is 1. The molecule has 0 radical (unpaired) electrons. The van der Waals surface area contributed by atoms with Gasteiger partial charge in [-0.05, 0) is 13.3 Å². The number of rotatable bonds is 5. The molecule has 0 saturated carbocycles. The molecule has 1 atom stereocenters. The van der Waals surface area contributed by atoms with Crippen molar-refractivity contribution < 1.29 is 9.90 Å². The predicted molar refractivity (Wildman–Crippen MR) is 61.0 cm³/mol. The first-order valence-electron chi connectivity index (χ1n) is 5.35. The van der Waals surface area contributed by atoms with Gasteiger partial charge >= 0.3 is 0 Å². The maximum atomic E-state index is 11.6. The van der Waals surface area contributed by atoms with Gasteiger partial charge in [0, 0.05) is 6.54 Å². The van der Waals surface area contributed by atoms with Crippen LogP contribution in [0, 0.1) is 0 Å². The van der Waals surface area contributed by atoms with Crippen LogP contribution in [-0.4, -0.2) is 33.9 Å². The summed E-state index contributed by atoms with van der Waals surface area (Å²) in [6.45, 7) is 3.80. The van der Waals surface area contributed by atoms with Gasteiger partial charge in [-0.2, -0.15) is 5.10 Å². The molecule has 0 aliphatic heterocycles. The van der Waals surface area contributed by atoms with Gasteiger partial charge < -0.3 is 16.2 Å². The number of hydrogen-bond acceptors (Lipinski definition) is 4. The predicted octanol–water partition coefficient (Wildman–Crippen LogP) is 0.0550. The largest absolute Gasteiger partial charge is 0.395 e. The second kappa shape index (κ2) is 5.50. The van der Waals surface area contributed by atoms with E-state index >= 15 is 0 Å². The number of nitrogen functional groups attached to an aromatic ring is 1. The minimum absolute atomic E-state index is 0.189. The molecular weight excluding hydrogens is 208 g/mol. The first-order chi connectivity index (χ1) is 7.56. The fraction of sp³-hybridized carbons (Fsp3) is 0.600. The monoisotopic (exact) mass is 226 g/mol. The molecule has 0 bridgehead atoms. The average Bonchev–Trinajstić information content (AvgIpc) is 2.58. The van der Waals surface area contributed by atoms with Crippen LogP contribution in [0.4, 0.5) is 5.69 Å². The Balaban J connectivity index is 2.69. The Kier molecular flexibility index (Phi) is 4.30. The van der Waals surface area contributed by atoms with Crippen molar-refractivity contribution in [3.8, 4) is 0 Å². The molecular formula is C10H18N4O2. The van der Waals surface area contributed by atoms with E-state index in [9.17, 15) is 4.79 Å². The normalized spacial score (nSPS) is 12.4. The molecule has 1 aromatic rings. The number of nitrogens with two attached hydrogens (primary N) is 1. The fourth-order valence-electron chi connectivity index (χ4n) is 1.32. The summed E-state index contributed by atoms with van der Waals surface area (Å²) in [5.41, 5.74) is 7.15. The number of hydrogen-bond donors (Lipinski definition) is 4. The Hall–Kier alpha value is -1.56. The van der Waals surface area contributed by atoms with E-state index in [1.54, 1.807) is 6.92 Å². The number of aliphatic hydroxyl groups is 1. The minimum atomic E-state index is -0.584. The number of aryl methyl sites for hydroxylation is 1. The standard InChI is InChI=1S/C10H18N4O2/c1-3-4-7-8(11)9(14-13-7)10(16)12-5-6(2)15/h6,15H,3-5,11H2,1-2H3,(H,12,16)(H,13,14). The van der Waals surface area contributed by atoms with Crippen LogP contribution in [0.15, 0.2) is 0 Å². The number of nitrogens with zero attached hydrogens (tertiary/aromatic N) is 1. The molecule has 0 saturated heterocycles. The summed E-state index contributed by atoms with van der Waals surface area (Å²) in [7, 11) is 0. The molecule has 1 heterocycles. The maximum Gasteiger partial charge on any atom is 0.274 e. The van der Waals surface area contributed by atoms with Crippen molar-refractivity contribution >= 4 is 11.6 Å². The summed E-state index contributed by atoms with van der Waals surface area (Å²) in [4.78, 5) is 11.6. The molecule has 1 aromatic heterocycles. The van der Waals surface area contributed by atoms with E-state index in [0.29, 0.717) is 5.69 Å². The van der Waals surface area contributed by atoms with E-state index in [1.807, 2.05) is 6.92 Å². The molecule has 0 aromatic carbocycles.